The lowest BCUT2D eigenvalue weighted by Gasteiger charge is -2.57. The van der Waals surface area contributed by atoms with Gasteiger partial charge in [0.15, 0.2) is 0 Å². The molecule has 4 nitrogen and oxygen atoms in total. The monoisotopic (exact) mass is 353 g/mol. The molecular formula is C22H27NO3. The molecule has 0 saturated heterocycles. The van der Waals surface area contributed by atoms with Gasteiger partial charge in [0.1, 0.15) is 5.58 Å². The van der Waals surface area contributed by atoms with Crippen LogP contribution in [-0.4, -0.2) is 18.1 Å². The maximum Gasteiger partial charge on any atom is 0.374 e. The molecule has 4 heteroatoms. The van der Waals surface area contributed by atoms with Crippen molar-refractivity contribution >= 4 is 16.9 Å². The van der Waals surface area contributed by atoms with E-state index in [9.17, 15) is 4.79 Å². The SMILES string of the molecule is CCOC(=O)c1cc2cc(CNC34CC5CC(CC(C5)C3)C4)ccc2o1. The number of benzene rings is 1. The van der Waals surface area contributed by atoms with Gasteiger partial charge in [-0.2, -0.15) is 0 Å². The molecule has 0 spiro atoms. The van der Waals surface area contributed by atoms with Crippen molar-refractivity contribution in [1.29, 1.82) is 0 Å². The third kappa shape index (κ3) is 2.84. The van der Waals surface area contributed by atoms with E-state index in [2.05, 4.69) is 17.4 Å². The van der Waals surface area contributed by atoms with Gasteiger partial charge < -0.3 is 14.5 Å². The van der Waals surface area contributed by atoms with E-state index in [-0.39, 0.29) is 5.76 Å². The Hall–Kier alpha value is -1.81. The van der Waals surface area contributed by atoms with Gasteiger partial charge in [-0.15, -0.1) is 0 Å². The minimum atomic E-state index is -0.392. The Bertz CT molecular complexity index is 802. The van der Waals surface area contributed by atoms with Gasteiger partial charge >= 0.3 is 5.97 Å². The molecule has 1 N–H and O–H groups in total. The number of rotatable bonds is 5. The lowest BCUT2D eigenvalue weighted by molar-refractivity contribution is -0.0206. The van der Waals surface area contributed by atoms with Crippen molar-refractivity contribution in [3.8, 4) is 0 Å². The number of nitrogens with one attached hydrogen (secondary N) is 1. The number of carbonyl (C=O) groups excluding carboxylic acids is 1. The van der Waals surface area contributed by atoms with Crippen LogP contribution in [-0.2, 0) is 11.3 Å². The Morgan fingerprint density at radius 1 is 1.15 bits per heavy atom. The standard InChI is InChI=1S/C22H27NO3/c1-2-25-21(24)20-9-18-8-14(3-4-19(18)26-20)13-23-22-10-15-5-16(11-22)7-17(6-15)12-22/h3-4,8-9,15-17,23H,2,5-7,10-13H2,1H3. The summed E-state index contributed by atoms with van der Waals surface area (Å²) in [6.07, 6.45) is 8.50. The smallest absolute Gasteiger partial charge is 0.374 e. The summed E-state index contributed by atoms with van der Waals surface area (Å²) in [7, 11) is 0. The first-order valence-electron chi connectivity index (χ1n) is 10.1. The second kappa shape index (κ2) is 6.12. The summed E-state index contributed by atoms with van der Waals surface area (Å²) in [5, 5.41) is 4.91. The molecule has 0 aliphatic heterocycles. The van der Waals surface area contributed by atoms with Crippen LogP contribution in [0, 0.1) is 17.8 Å². The van der Waals surface area contributed by atoms with Crippen molar-refractivity contribution in [2.75, 3.05) is 6.61 Å². The zero-order chi connectivity index (χ0) is 17.7. The molecule has 4 bridgehead atoms. The topological polar surface area (TPSA) is 51.5 Å². The van der Waals surface area contributed by atoms with E-state index in [0.717, 1.165) is 35.3 Å². The first kappa shape index (κ1) is 16.4. The zero-order valence-corrected chi connectivity index (χ0v) is 15.4. The summed E-state index contributed by atoms with van der Waals surface area (Å²) < 4.78 is 10.6. The van der Waals surface area contributed by atoms with E-state index in [4.69, 9.17) is 9.15 Å². The van der Waals surface area contributed by atoms with Crippen LogP contribution >= 0.6 is 0 Å². The molecule has 2 aromatic rings. The average Bonchev–Trinajstić information content (AvgIpc) is 3.02. The van der Waals surface area contributed by atoms with Crippen LogP contribution < -0.4 is 5.32 Å². The number of furan rings is 1. The van der Waals surface area contributed by atoms with Gasteiger partial charge in [-0.3, -0.25) is 0 Å². The largest absolute Gasteiger partial charge is 0.460 e. The van der Waals surface area contributed by atoms with Crippen molar-refractivity contribution in [1.82, 2.24) is 5.32 Å². The maximum atomic E-state index is 11.9. The van der Waals surface area contributed by atoms with E-state index < -0.39 is 5.97 Å². The zero-order valence-electron chi connectivity index (χ0n) is 15.4. The number of carbonyl (C=O) groups is 1. The Morgan fingerprint density at radius 3 is 2.50 bits per heavy atom. The molecule has 4 aliphatic carbocycles. The first-order valence-corrected chi connectivity index (χ1v) is 10.1. The summed E-state index contributed by atoms with van der Waals surface area (Å²) in [4.78, 5) is 11.9. The Labute approximate surface area is 154 Å². The predicted molar refractivity (Wildman–Crippen MR) is 99.9 cm³/mol. The molecule has 1 aromatic carbocycles. The lowest BCUT2D eigenvalue weighted by atomic mass is 9.53. The highest BCUT2D eigenvalue weighted by Gasteiger charge is 2.50. The number of hydrogen-bond donors (Lipinski definition) is 1. The van der Waals surface area contributed by atoms with Crippen molar-refractivity contribution < 1.29 is 13.9 Å². The highest BCUT2D eigenvalue weighted by atomic mass is 16.5. The maximum absolute atomic E-state index is 11.9. The van der Waals surface area contributed by atoms with Gasteiger partial charge in [0.05, 0.1) is 6.61 Å². The Kier molecular flexibility index (Phi) is 3.85. The fourth-order valence-electron chi connectivity index (χ4n) is 6.12. The Balaban J connectivity index is 1.31. The van der Waals surface area contributed by atoms with Gasteiger partial charge in [0.25, 0.3) is 0 Å². The number of hydrogen-bond acceptors (Lipinski definition) is 4. The molecule has 4 aliphatic rings. The molecule has 0 atom stereocenters. The summed E-state index contributed by atoms with van der Waals surface area (Å²) in [5.41, 5.74) is 2.37. The molecule has 1 aromatic heterocycles. The third-order valence-corrected chi connectivity index (χ3v) is 6.76. The molecule has 0 amide bonds. The second-order valence-electron chi connectivity index (χ2n) is 8.75. The van der Waals surface area contributed by atoms with Crippen molar-refractivity contribution in [3.05, 3.63) is 35.6 Å². The molecule has 1 heterocycles. The molecule has 0 radical (unpaired) electrons. The summed E-state index contributed by atoms with van der Waals surface area (Å²) >= 11 is 0. The fourth-order valence-corrected chi connectivity index (χ4v) is 6.12. The first-order chi connectivity index (χ1) is 12.6. The van der Waals surface area contributed by atoms with Crippen LogP contribution in [0.5, 0.6) is 0 Å². The van der Waals surface area contributed by atoms with Crippen molar-refractivity contribution in [2.45, 2.75) is 57.5 Å². The van der Waals surface area contributed by atoms with Gasteiger partial charge in [0, 0.05) is 17.5 Å². The highest BCUT2D eigenvalue weighted by Crippen LogP contribution is 2.55. The second-order valence-corrected chi connectivity index (χ2v) is 8.75. The fraction of sp³-hybridized carbons (Fsp3) is 0.591. The minimum absolute atomic E-state index is 0.285. The number of ether oxygens (including phenoxy) is 1. The van der Waals surface area contributed by atoms with Gasteiger partial charge in [-0.1, -0.05) is 6.07 Å². The Morgan fingerprint density at radius 2 is 1.85 bits per heavy atom. The third-order valence-electron chi connectivity index (χ3n) is 6.76. The average molecular weight is 353 g/mol. The molecule has 4 saturated carbocycles. The number of esters is 1. The van der Waals surface area contributed by atoms with Crippen molar-refractivity contribution in [2.24, 2.45) is 17.8 Å². The molecule has 26 heavy (non-hydrogen) atoms. The van der Waals surface area contributed by atoms with Gasteiger partial charge in [-0.25, -0.2) is 4.79 Å². The quantitative estimate of drug-likeness (QED) is 0.794. The van der Waals surface area contributed by atoms with E-state index in [0.29, 0.717) is 12.1 Å². The molecule has 4 fully saturated rings. The normalized spacial score (nSPS) is 32.3. The van der Waals surface area contributed by atoms with Crippen LogP contribution in [0.25, 0.3) is 11.0 Å². The van der Waals surface area contributed by atoms with Crippen molar-refractivity contribution in [3.63, 3.8) is 0 Å². The van der Waals surface area contributed by atoms with E-state index in [1.165, 1.54) is 44.1 Å². The molecule has 0 unspecified atom stereocenters. The van der Waals surface area contributed by atoms with Gasteiger partial charge in [-0.05, 0) is 87.0 Å². The summed E-state index contributed by atoms with van der Waals surface area (Å²) in [5.74, 6) is 2.76. The van der Waals surface area contributed by atoms with E-state index in [1.807, 2.05) is 6.07 Å². The van der Waals surface area contributed by atoms with E-state index in [1.54, 1.807) is 13.0 Å². The summed E-state index contributed by atoms with van der Waals surface area (Å²) in [6, 6.07) is 8.00. The van der Waals surface area contributed by atoms with Gasteiger partial charge in [0.2, 0.25) is 5.76 Å². The minimum Gasteiger partial charge on any atom is -0.460 e. The summed E-state index contributed by atoms with van der Waals surface area (Å²) in [6.45, 7) is 3.05. The van der Waals surface area contributed by atoms with E-state index >= 15 is 0 Å². The highest BCUT2D eigenvalue weighted by molar-refractivity contribution is 5.92. The van der Waals surface area contributed by atoms with Crippen LogP contribution in [0.15, 0.2) is 28.7 Å². The number of fused-ring (bicyclic) bond motifs is 1. The predicted octanol–water partition coefficient (Wildman–Crippen LogP) is 4.67. The van der Waals surface area contributed by atoms with Crippen LogP contribution in [0.2, 0.25) is 0 Å². The molecular weight excluding hydrogens is 326 g/mol. The molecule has 6 rings (SSSR count). The van der Waals surface area contributed by atoms with Crippen LogP contribution in [0.3, 0.4) is 0 Å². The molecule has 138 valence electrons. The van der Waals surface area contributed by atoms with Crippen LogP contribution in [0.4, 0.5) is 0 Å². The lowest BCUT2D eigenvalue weighted by Crippen LogP contribution is -2.58. The van der Waals surface area contributed by atoms with Crippen LogP contribution in [0.1, 0.15) is 61.6 Å².